The van der Waals surface area contributed by atoms with Gasteiger partial charge in [0.1, 0.15) is 5.78 Å². The molecule has 0 rings (SSSR count). The second kappa shape index (κ2) is 55.0. The number of Topliss-reactive ketones (excluding diaryl/α,β-unsaturated/α-hetero) is 1. The third-order valence-electron chi connectivity index (χ3n) is 15.9. The first-order valence-corrected chi connectivity index (χ1v) is 33.5. The van der Waals surface area contributed by atoms with Gasteiger partial charge in [-0.3, -0.25) is 14.4 Å². The summed E-state index contributed by atoms with van der Waals surface area (Å²) in [6.45, 7) is 15.3. The quantitative estimate of drug-likeness (QED) is 0.0277. The lowest BCUT2D eigenvalue weighted by atomic mass is 9.81. The van der Waals surface area contributed by atoms with Crippen molar-refractivity contribution in [3.05, 3.63) is 0 Å². The fourth-order valence-corrected chi connectivity index (χ4v) is 10.9. The molecule has 8 nitrogen and oxygen atoms in total. The Balaban J connectivity index is 4.73. The standard InChI is InChI=1S/C68H130O8/c1-60(2)53-47-41-35-29-23-17-11-8-14-20-26-32-38-44-50-56-74-64(70)59-68(73,67(72)76-58-52-46-40-34-28-22-16-10-13-19-25-31-37-43-49-55-62(5)6)65(63(7)69)66(71)75-57-51-45-39-33-27-21-15-9-12-18-24-30-36-42-48-54-61(3)4/h60-62,65,73H,8-59H2,1-7H3. The Hall–Kier alpha value is -1.96. The summed E-state index contributed by atoms with van der Waals surface area (Å²) in [4.78, 5) is 53.5. The van der Waals surface area contributed by atoms with Gasteiger partial charge in [-0.1, -0.05) is 330 Å². The maximum absolute atomic E-state index is 13.7. The molecule has 76 heavy (non-hydrogen) atoms. The van der Waals surface area contributed by atoms with Gasteiger partial charge in [-0.05, 0) is 43.9 Å². The maximum atomic E-state index is 13.7. The van der Waals surface area contributed by atoms with Crippen LogP contribution in [0.5, 0.6) is 0 Å². The van der Waals surface area contributed by atoms with Crippen LogP contribution in [0.2, 0.25) is 0 Å². The number of esters is 3. The molecule has 0 aromatic rings. The molecule has 2 atom stereocenters. The zero-order chi connectivity index (χ0) is 56.0. The summed E-state index contributed by atoms with van der Waals surface area (Å²) < 4.78 is 16.6. The number of hydrogen-bond donors (Lipinski definition) is 1. The fraction of sp³-hybridized carbons (Fsp3) is 0.941. The first-order chi connectivity index (χ1) is 36.8. The van der Waals surface area contributed by atoms with Crippen molar-refractivity contribution in [1.82, 2.24) is 0 Å². The van der Waals surface area contributed by atoms with Crippen molar-refractivity contribution >= 4 is 23.7 Å². The topological polar surface area (TPSA) is 116 Å². The molecule has 0 aromatic heterocycles. The van der Waals surface area contributed by atoms with Crippen LogP contribution in [0, 0.1) is 23.7 Å². The van der Waals surface area contributed by atoms with Gasteiger partial charge >= 0.3 is 17.9 Å². The van der Waals surface area contributed by atoms with E-state index in [0.29, 0.717) is 19.3 Å². The largest absolute Gasteiger partial charge is 0.466 e. The van der Waals surface area contributed by atoms with E-state index < -0.39 is 41.6 Å². The monoisotopic (exact) mass is 1070 g/mol. The van der Waals surface area contributed by atoms with E-state index in [1.54, 1.807) is 0 Å². The molecule has 0 bridgehead atoms. The van der Waals surface area contributed by atoms with E-state index in [-0.39, 0.29) is 19.8 Å². The highest BCUT2D eigenvalue weighted by atomic mass is 16.6. The van der Waals surface area contributed by atoms with E-state index in [0.717, 1.165) is 82.5 Å². The van der Waals surface area contributed by atoms with E-state index in [1.807, 2.05) is 0 Å². The number of unbranched alkanes of at least 4 members (excludes halogenated alkanes) is 42. The van der Waals surface area contributed by atoms with Crippen molar-refractivity contribution in [3.8, 4) is 0 Å². The number of carbonyl (C=O) groups is 4. The van der Waals surface area contributed by atoms with E-state index in [1.165, 1.54) is 231 Å². The van der Waals surface area contributed by atoms with Gasteiger partial charge in [0.05, 0.1) is 26.2 Å². The summed E-state index contributed by atoms with van der Waals surface area (Å²) >= 11 is 0. The minimum absolute atomic E-state index is 0.0329. The molecule has 0 spiro atoms. The lowest BCUT2D eigenvalue weighted by molar-refractivity contribution is -0.187. The van der Waals surface area contributed by atoms with Crippen molar-refractivity contribution < 1.29 is 38.5 Å². The van der Waals surface area contributed by atoms with E-state index >= 15 is 0 Å². The summed E-state index contributed by atoms with van der Waals surface area (Å²) in [5, 5.41) is 11.9. The highest BCUT2D eigenvalue weighted by Crippen LogP contribution is 2.28. The van der Waals surface area contributed by atoms with Gasteiger partial charge in [0, 0.05) is 0 Å². The van der Waals surface area contributed by atoms with Crippen LogP contribution < -0.4 is 0 Å². The smallest absolute Gasteiger partial charge is 0.340 e. The molecular formula is C68H130O8. The Bertz CT molecular complexity index is 1300. The highest BCUT2D eigenvalue weighted by Gasteiger charge is 2.54. The van der Waals surface area contributed by atoms with Crippen LogP contribution in [0.25, 0.3) is 0 Å². The number of hydrogen-bond acceptors (Lipinski definition) is 8. The Kier molecular flexibility index (Phi) is 53.6. The van der Waals surface area contributed by atoms with Crippen LogP contribution in [-0.2, 0) is 33.4 Å². The fourth-order valence-electron chi connectivity index (χ4n) is 10.9. The molecule has 1 N–H and O–H groups in total. The molecule has 0 saturated heterocycles. The van der Waals surface area contributed by atoms with Crippen LogP contribution in [0.3, 0.4) is 0 Å². The second-order valence-electron chi connectivity index (χ2n) is 25.1. The van der Waals surface area contributed by atoms with Crippen LogP contribution in [-0.4, -0.2) is 54.2 Å². The number of carbonyl (C=O) groups excluding carboxylic acids is 4. The van der Waals surface area contributed by atoms with Crippen LogP contribution in [0.15, 0.2) is 0 Å². The maximum Gasteiger partial charge on any atom is 0.340 e. The minimum atomic E-state index is -2.71. The van der Waals surface area contributed by atoms with Gasteiger partial charge in [0.15, 0.2) is 11.5 Å². The van der Waals surface area contributed by atoms with Crippen molar-refractivity contribution in [2.45, 2.75) is 369 Å². The van der Waals surface area contributed by atoms with Crippen LogP contribution in [0.4, 0.5) is 0 Å². The zero-order valence-electron chi connectivity index (χ0n) is 51.9. The summed E-state index contributed by atoms with van der Waals surface area (Å²) in [5.74, 6) is -3.13. The van der Waals surface area contributed by atoms with Gasteiger partial charge in [-0.15, -0.1) is 0 Å². The van der Waals surface area contributed by atoms with Crippen LogP contribution >= 0.6 is 0 Å². The molecule has 2 unspecified atom stereocenters. The van der Waals surface area contributed by atoms with Gasteiger partial charge in [0.2, 0.25) is 0 Å². The molecule has 0 aliphatic heterocycles. The molecule has 0 aromatic carbocycles. The molecule has 0 saturated carbocycles. The predicted octanol–water partition coefficient (Wildman–Crippen LogP) is 20.6. The van der Waals surface area contributed by atoms with Gasteiger partial charge in [0.25, 0.3) is 0 Å². The third-order valence-corrected chi connectivity index (χ3v) is 15.9. The first-order valence-electron chi connectivity index (χ1n) is 33.5. The van der Waals surface area contributed by atoms with Crippen molar-refractivity contribution in [2.75, 3.05) is 19.8 Å². The normalized spacial score (nSPS) is 12.9. The van der Waals surface area contributed by atoms with E-state index in [2.05, 4.69) is 41.5 Å². The van der Waals surface area contributed by atoms with Crippen LogP contribution in [0.1, 0.15) is 363 Å². The molecule has 0 fully saturated rings. The SMILES string of the molecule is CC(=O)C(C(=O)OCCCCCCCCCCCCCCCCCC(C)C)C(O)(CC(=O)OCCCCCCCCCCCCCCCCCC(C)C)C(=O)OCCCCCCCCCCCCCCCCCC(C)C. The summed E-state index contributed by atoms with van der Waals surface area (Å²) in [7, 11) is 0. The molecule has 8 heteroatoms. The Labute approximate surface area is 472 Å². The average molecular weight is 1080 g/mol. The molecule has 450 valence electrons. The number of rotatable bonds is 60. The lowest BCUT2D eigenvalue weighted by Gasteiger charge is -2.30. The van der Waals surface area contributed by atoms with Crippen molar-refractivity contribution in [2.24, 2.45) is 23.7 Å². The second-order valence-corrected chi connectivity index (χ2v) is 25.1. The first kappa shape index (κ1) is 74.0. The van der Waals surface area contributed by atoms with Gasteiger partial charge in [-0.25, -0.2) is 4.79 Å². The van der Waals surface area contributed by atoms with Gasteiger partial charge in [-0.2, -0.15) is 0 Å². The number of ketones is 1. The number of ether oxygens (including phenoxy) is 3. The molecule has 0 heterocycles. The Morgan fingerprint density at radius 1 is 0.316 bits per heavy atom. The lowest BCUT2D eigenvalue weighted by Crippen LogP contribution is -2.55. The summed E-state index contributed by atoms with van der Waals surface area (Å²) in [6, 6.07) is 0. The van der Waals surface area contributed by atoms with Crippen molar-refractivity contribution in [3.63, 3.8) is 0 Å². The Morgan fingerprint density at radius 2 is 0.526 bits per heavy atom. The minimum Gasteiger partial charge on any atom is -0.466 e. The zero-order valence-corrected chi connectivity index (χ0v) is 51.9. The Morgan fingerprint density at radius 3 is 0.763 bits per heavy atom. The predicted molar refractivity (Wildman–Crippen MR) is 323 cm³/mol. The molecule has 0 amide bonds. The average Bonchev–Trinajstić information content (AvgIpc) is 3.37. The molecule has 0 radical (unpaired) electrons. The van der Waals surface area contributed by atoms with E-state index in [9.17, 15) is 24.3 Å². The summed E-state index contributed by atoms with van der Waals surface area (Å²) in [5.41, 5.74) is -2.71. The molecular weight excluding hydrogens is 945 g/mol. The third kappa shape index (κ3) is 49.1. The van der Waals surface area contributed by atoms with Crippen molar-refractivity contribution in [1.29, 1.82) is 0 Å². The van der Waals surface area contributed by atoms with E-state index in [4.69, 9.17) is 14.2 Å². The number of aliphatic hydroxyl groups is 1. The summed E-state index contributed by atoms with van der Waals surface area (Å²) in [6.07, 6.45) is 58.3. The van der Waals surface area contributed by atoms with Gasteiger partial charge < -0.3 is 19.3 Å². The molecule has 0 aliphatic rings. The highest BCUT2D eigenvalue weighted by molar-refractivity contribution is 6.05. The molecule has 0 aliphatic carbocycles.